The maximum Gasteiger partial charge on any atom is 0.338 e. The van der Waals surface area contributed by atoms with E-state index in [1.807, 2.05) is 6.07 Å². The highest BCUT2D eigenvalue weighted by molar-refractivity contribution is 5.99. The molecule has 190 valence electrons. The molecule has 0 saturated carbocycles. The second kappa shape index (κ2) is 10.1. The standard InChI is InChI=1S/C26H30N4O6/c1-34-22-16-18(26(33)35-2)14-19-24(22)30(36-13-5-12-32)25(27-19)21-15-17-6-3-7-20-23(17)29(21)10-9-28(20)8-4-11-31/h3,6-7,14-16,31-32H,4-5,8-13H2,1-2H3. The molecule has 10 nitrogen and oxygen atoms in total. The minimum atomic E-state index is -0.483. The van der Waals surface area contributed by atoms with Crippen molar-refractivity contribution in [1.82, 2.24) is 14.3 Å². The number of carbonyl (C=O) groups excluding carboxylic acids is 1. The van der Waals surface area contributed by atoms with Crippen LogP contribution in [0.3, 0.4) is 0 Å². The normalized spacial score (nSPS) is 12.9. The highest BCUT2D eigenvalue weighted by atomic mass is 16.7. The fourth-order valence-electron chi connectivity index (χ4n) is 4.86. The first-order valence-electron chi connectivity index (χ1n) is 12.0. The van der Waals surface area contributed by atoms with E-state index in [9.17, 15) is 15.0 Å². The number of aliphatic hydroxyl groups excluding tert-OH is 2. The Morgan fingerprint density at radius 1 is 1.06 bits per heavy atom. The van der Waals surface area contributed by atoms with E-state index in [4.69, 9.17) is 19.3 Å². The molecule has 0 aliphatic carbocycles. The number of benzene rings is 2. The lowest BCUT2D eigenvalue weighted by Gasteiger charge is -2.31. The van der Waals surface area contributed by atoms with E-state index >= 15 is 0 Å². The van der Waals surface area contributed by atoms with Crippen molar-refractivity contribution < 1.29 is 29.3 Å². The van der Waals surface area contributed by atoms with Crippen LogP contribution in [0.15, 0.2) is 36.4 Å². The van der Waals surface area contributed by atoms with E-state index in [-0.39, 0.29) is 19.8 Å². The number of nitrogens with zero attached hydrogens (tertiary/aromatic N) is 4. The maximum atomic E-state index is 12.3. The Hall–Kier alpha value is -3.76. The largest absolute Gasteiger partial charge is 0.494 e. The van der Waals surface area contributed by atoms with Crippen molar-refractivity contribution in [2.24, 2.45) is 0 Å². The fraction of sp³-hybridized carbons (Fsp3) is 0.385. The molecular weight excluding hydrogens is 464 g/mol. The van der Waals surface area contributed by atoms with E-state index < -0.39 is 5.97 Å². The molecule has 1 aliphatic heterocycles. The molecule has 0 fully saturated rings. The molecule has 0 radical (unpaired) electrons. The quantitative estimate of drug-likeness (QED) is 0.256. The SMILES string of the molecule is COC(=O)c1cc(OC)c2c(c1)nc(-c1cc3cccc4c3n1CCN4CCCO)n2OCCCO. The summed E-state index contributed by atoms with van der Waals surface area (Å²) in [6.07, 6.45) is 1.16. The molecule has 1 aliphatic rings. The Kier molecular flexibility index (Phi) is 6.71. The second-order valence-corrected chi connectivity index (χ2v) is 8.64. The molecule has 0 spiro atoms. The number of methoxy groups -OCH3 is 2. The molecule has 0 saturated heterocycles. The molecule has 0 unspecified atom stereocenters. The summed E-state index contributed by atoms with van der Waals surface area (Å²) in [6.45, 7) is 2.76. The van der Waals surface area contributed by atoms with Crippen LogP contribution in [-0.4, -0.2) is 77.6 Å². The molecule has 0 amide bonds. The van der Waals surface area contributed by atoms with Crippen LogP contribution < -0.4 is 14.5 Å². The third-order valence-electron chi connectivity index (χ3n) is 6.49. The van der Waals surface area contributed by atoms with E-state index in [1.54, 1.807) is 16.9 Å². The molecule has 4 aromatic rings. The van der Waals surface area contributed by atoms with E-state index in [1.165, 1.54) is 14.2 Å². The minimum Gasteiger partial charge on any atom is -0.494 e. The van der Waals surface area contributed by atoms with Gasteiger partial charge in [-0.3, -0.25) is 0 Å². The van der Waals surface area contributed by atoms with Crippen molar-refractivity contribution in [1.29, 1.82) is 0 Å². The van der Waals surface area contributed by atoms with Crippen LogP contribution in [0.1, 0.15) is 23.2 Å². The van der Waals surface area contributed by atoms with Gasteiger partial charge in [-0.25, -0.2) is 9.78 Å². The van der Waals surface area contributed by atoms with Gasteiger partial charge in [0.1, 0.15) is 17.9 Å². The molecule has 2 aromatic heterocycles. The molecule has 0 bridgehead atoms. The molecule has 2 N–H and O–H groups in total. The summed E-state index contributed by atoms with van der Waals surface area (Å²) < 4.78 is 14.4. The topological polar surface area (TPSA) is 111 Å². The molecule has 2 aromatic carbocycles. The van der Waals surface area contributed by atoms with E-state index in [0.29, 0.717) is 41.0 Å². The van der Waals surface area contributed by atoms with Gasteiger partial charge in [0.25, 0.3) is 0 Å². The van der Waals surface area contributed by atoms with Gasteiger partial charge >= 0.3 is 5.97 Å². The predicted octanol–water partition coefficient (Wildman–Crippen LogP) is 2.47. The smallest absolute Gasteiger partial charge is 0.338 e. The lowest BCUT2D eigenvalue weighted by Crippen LogP contribution is -2.33. The average molecular weight is 495 g/mol. The van der Waals surface area contributed by atoms with Crippen LogP contribution in [-0.2, 0) is 11.3 Å². The third kappa shape index (κ3) is 4.02. The number of aliphatic hydroxyl groups is 2. The van der Waals surface area contributed by atoms with E-state index in [2.05, 4.69) is 27.7 Å². The number of esters is 1. The van der Waals surface area contributed by atoms with Gasteiger partial charge in [0, 0.05) is 44.7 Å². The number of ether oxygens (including phenoxy) is 2. The molecular formula is C26H30N4O6. The van der Waals surface area contributed by atoms with E-state index in [0.717, 1.165) is 41.9 Å². The Morgan fingerprint density at radius 3 is 2.64 bits per heavy atom. The van der Waals surface area contributed by atoms with Crippen molar-refractivity contribution in [3.8, 4) is 17.3 Å². The number of fused-ring (bicyclic) bond motifs is 1. The van der Waals surface area contributed by atoms with Gasteiger partial charge in [0.05, 0.1) is 42.2 Å². The number of rotatable bonds is 10. The van der Waals surface area contributed by atoms with Crippen LogP contribution in [0.25, 0.3) is 33.5 Å². The lowest BCUT2D eigenvalue weighted by atomic mass is 10.1. The van der Waals surface area contributed by atoms with Gasteiger partial charge < -0.3 is 34.0 Å². The average Bonchev–Trinajstić information content (AvgIpc) is 3.46. The summed E-state index contributed by atoms with van der Waals surface area (Å²) in [7, 11) is 2.86. The molecule has 10 heteroatoms. The van der Waals surface area contributed by atoms with Crippen molar-refractivity contribution in [3.63, 3.8) is 0 Å². The highest BCUT2D eigenvalue weighted by Crippen LogP contribution is 2.39. The third-order valence-corrected chi connectivity index (χ3v) is 6.49. The van der Waals surface area contributed by atoms with Gasteiger partial charge in [-0.15, -0.1) is 0 Å². The van der Waals surface area contributed by atoms with Crippen molar-refractivity contribution in [2.75, 3.05) is 52.0 Å². The zero-order valence-corrected chi connectivity index (χ0v) is 20.4. The molecule has 36 heavy (non-hydrogen) atoms. The Balaban J connectivity index is 1.72. The number of carbonyl (C=O) groups is 1. The van der Waals surface area contributed by atoms with Crippen LogP contribution in [0.4, 0.5) is 5.69 Å². The Bertz CT molecular complexity index is 1410. The number of hydrogen-bond acceptors (Lipinski definition) is 8. The first kappa shape index (κ1) is 24.0. The molecule has 5 rings (SSSR count). The zero-order chi connectivity index (χ0) is 25.2. The van der Waals surface area contributed by atoms with Crippen molar-refractivity contribution >= 4 is 33.6 Å². The van der Waals surface area contributed by atoms with Crippen LogP contribution in [0.2, 0.25) is 0 Å². The number of aromatic nitrogens is 3. The second-order valence-electron chi connectivity index (χ2n) is 8.64. The Morgan fingerprint density at radius 2 is 1.89 bits per heavy atom. The van der Waals surface area contributed by atoms with Gasteiger partial charge in [-0.1, -0.05) is 12.1 Å². The molecule has 0 atom stereocenters. The maximum absolute atomic E-state index is 12.3. The van der Waals surface area contributed by atoms with Crippen molar-refractivity contribution in [3.05, 3.63) is 42.0 Å². The van der Waals surface area contributed by atoms with Crippen molar-refractivity contribution in [2.45, 2.75) is 19.4 Å². The number of anilines is 1. The molecule has 3 heterocycles. The summed E-state index contributed by atoms with van der Waals surface area (Å²) >= 11 is 0. The van der Waals surface area contributed by atoms with Gasteiger partial charge in [0.2, 0.25) is 0 Å². The summed E-state index contributed by atoms with van der Waals surface area (Å²) in [5.41, 5.74) is 4.56. The summed E-state index contributed by atoms with van der Waals surface area (Å²) in [5.74, 6) is 0.527. The van der Waals surface area contributed by atoms with Gasteiger partial charge in [-0.05, 0) is 30.7 Å². The number of para-hydroxylation sites is 1. The Labute approximate surface area is 208 Å². The lowest BCUT2D eigenvalue weighted by molar-refractivity contribution is 0.0600. The summed E-state index contributed by atoms with van der Waals surface area (Å²) in [5, 5.41) is 19.7. The van der Waals surface area contributed by atoms with Crippen LogP contribution >= 0.6 is 0 Å². The first-order valence-corrected chi connectivity index (χ1v) is 12.0. The van der Waals surface area contributed by atoms with Crippen LogP contribution in [0, 0.1) is 0 Å². The predicted molar refractivity (Wildman–Crippen MR) is 136 cm³/mol. The van der Waals surface area contributed by atoms with Gasteiger partial charge in [0.15, 0.2) is 5.82 Å². The number of hydrogen-bond donors (Lipinski definition) is 2. The van der Waals surface area contributed by atoms with Gasteiger partial charge in [-0.2, -0.15) is 4.73 Å². The zero-order valence-electron chi connectivity index (χ0n) is 20.4. The highest BCUT2D eigenvalue weighted by Gasteiger charge is 2.27. The summed E-state index contributed by atoms with van der Waals surface area (Å²) in [4.78, 5) is 25.6. The fourth-order valence-corrected chi connectivity index (χ4v) is 4.86. The first-order chi connectivity index (χ1) is 17.6. The number of imidazole rings is 1. The minimum absolute atomic E-state index is 0.00111. The van der Waals surface area contributed by atoms with Crippen LogP contribution in [0.5, 0.6) is 5.75 Å². The summed E-state index contributed by atoms with van der Waals surface area (Å²) in [6, 6.07) is 11.6. The monoisotopic (exact) mass is 494 g/mol.